The zero-order chi connectivity index (χ0) is 18.5. The Morgan fingerprint density at radius 1 is 1.04 bits per heavy atom. The van der Waals surface area contributed by atoms with Gasteiger partial charge in [0.15, 0.2) is 0 Å². The average molecular weight is 409 g/mol. The number of benzene rings is 2. The van der Waals surface area contributed by atoms with Gasteiger partial charge < -0.3 is 0 Å². The summed E-state index contributed by atoms with van der Waals surface area (Å²) in [6, 6.07) is 19.9. The first-order valence-corrected chi connectivity index (χ1v) is 9.43. The summed E-state index contributed by atoms with van der Waals surface area (Å²) < 4.78 is 0.998. The van der Waals surface area contributed by atoms with Crippen molar-refractivity contribution in [1.82, 2.24) is 4.98 Å². The lowest BCUT2D eigenvalue weighted by molar-refractivity contribution is 0.586. The van der Waals surface area contributed by atoms with E-state index in [0.29, 0.717) is 6.42 Å². The van der Waals surface area contributed by atoms with Gasteiger partial charge in [-0.1, -0.05) is 57.5 Å². The molecule has 0 aliphatic carbocycles. The molecule has 3 aromatic rings. The van der Waals surface area contributed by atoms with Gasteiger partial charge in [-0.05, 0) is 66.8 Å². The second-order valence-electron chi connectivity index (χ2n) is 6.57. The molecule has 2 atom stereocenters. The fraction of sp³-hybridized carbons (Fsp3) is 0.227. The van der Waals surface area contributed by atoms with Gasteiger partial charge in [0, 0.05) is 22.3 Å². The first-order valence-electron chi connectivity index (χ1n) is 8.63. The number of aryl methyl sites for hydroxylation is 2. The van der Waals surface area contributed by atoms with E-state index in [0.717, 1.165) is 32.4 Å². The maximum Gasteiger partial charge on any atom is 0.107 e. The molecule has 0 radical (unpaired) electrons. The number of rotatable bonds is 6. The second kappa shape index (κ2) is 8.37. The number of nitrogens with zero attached hydrogens (tertiary/aromatic N) is 2. The van der Waals surface area contributed by atoms with Crippen LogP contribution in [0.25, 0.3) is 0 Å². The Balaban J connectivity index is 2.06. The predicted molar refractivity (Wildman–Crippen MR) is 109 cm³/mol. The molecule has 1 heterocycles. The third-order valence-corrected chi connectivity index (χ3v) is 5.15. The zero-order valence-corrected chi connectivity index (χ0v) is 16.5. The SMILES string of the molecule is Cc1cc(CC(N=O)C(c2cccc(Br)c2)c2ccccc2C)ccn1. The molecular formula is C22H21BrN2O. The molecule has 0 N–H and O–H groups in total. The number of hydrogen-bond donors (Lipinski definition) is 0. The number of halogens is 1. The number of nitroso groups, excluding NO2 is 1. The van der Waals surface area contributed by atoms with Crippen molar-refractivity contribution >= 4 is 15.9 Å². The molecule has 0 spiro atoms. The average Bonchev–Trinajstić information content (AvgIpc) is 2.63. The van der Waals surface area contributed by atoms with Gasteiger partial charge in [-0.3, -0.25) is 4.98 Å². The predicted octanol–water partition coefficient (Wildman–Crippen LogP) is 5.97. The lowest BCUT2D eigenvalue weighted by Crippen LogP contribution is -2.21. The maximum atomic E-state index is 11.9. The molecule has 1 aromatic heterocycles. The smallest absolute Gasteiger partial charge is 0.107 e. The van der Waals surface area contributed by atoms with Crippen molar-refractivity contribution in [2.75, 3.05) is 0 Å². The van der Waals surface area contributed by atoms with Crippen LogP contribution in [0, 0.1) is 18.8 Å². The van der Waals surface area contributed by atoms with Crippen LogP contribution < -0.4 is 0 Å². The molecule has 0 amide bonds. The third-order valence-electron chi connectivity index (χ3n) is 4.66. The minimum atomic E-state index is -0.396. The minimum absolute atomic E-state index is 0.0975. The summed E-state index contributed by atoms with van der Waals surface area (Å²) in [6.07, 6.45) is 2.37. The van der Waals surface area contributed by atoms with E-state index in [4.69, 9.17) is 0 Å². The normalized spacial score (nSPS) is 13.2. The second-order valence-corrected chi connectivity index (χ2v) is 7.49. The lowest BCUT2D eigenvalue weighted by atomic mass is 9.81. The van der Waals surface area contributed by atoms with E-state index in [2.05, 4.69) is 57.3 Å². The summed E-state index contributed by atoms with van der Waals surface area (Å²) in [5.74, 6) is -0.0975. The Kier molecular flexibility index (Phi) is 5.94. The van der Waals surface area contributed by atoms with Crippen molar-refractivity contribution in [2.45, 2.75) is 32.2 Å². The molecule has 3 rings (SSSR count). The van der Waals surface area contributed by atoms with E-state index in [1.807, 2.05) is 43.3 Å². The van der Waals surface area contributed by atoms with Gasteiger partial charge >= 0.3 is 0 Å². The fourth-order valence-corrected chi connectivity index (χ4v) is 3.85. The van der Waals surface area contributed by atoms with Crippen LogP contribution >= 0.6 is 15.9 Å². The van der Waals surface area contributed by atoms with E-state index in [1.165, 1.54) is 0 Å². The van der Waals surface area contributed by atoms with Crippen LogP contribution in [0.15, 0.2) is 76.5 Å². The summed E-state index contributed by atoms with van der Waals surface area (Å²) in [6.45, 7) is 4.04. The molecule has 0 aliphatic rings. The Bertz CT molecular complexity index is 910. The summed E-state index contributed by atoms with van der Waals surface area (Å²) >= 11 is 3.55. The van der Waals surface area contributed by atoms with Crippen LogP contribution in [-0.4, -0.2) is 11.0 Å². The van der Waals surface area contributed by atoms with Crippen LogP contribution in [0.4, 0.5) is 0 Å². The van der Waals surface area contributed by atoms with Gasteiger partial charge in [-0.25, -0.2) is 0 Å². The van der Waals surface area contributed by atoms with Crippen molar-refractivity contribution in [3.05, 3.63) is 104 Å². The van der Waals surface area contributed by atoms with Crippen LogP contribution in [0.5, 0.6) is 0 Å². The molecule has 0 aliphatic heterocycles. The molecule has 4 heteroatoms. The molecule has 132 valence electrons. The number of aromatic nitrogens is 1. The van der Waals surface area contributed by atoms with Crippen molar-refractivity contribution in [2.24, 2.45) is 5.18 Å². The van der Waals surface area contributed by atoms with Crippen LogP contribution in [-0.2, 0) is 6.42 Å². The van der Waals surface area contributed by atoms with E-state index in [1.54, 1.807) is 6.20 Å². The highest BCUT2D eigenvalue weighted by molar-refractivity contribution is 9.10. The van der Waals surface area contributed by atoms with Crippen LogP contribution in [0.1, 0.15) is 33.9 Å². The van der Waals surface area contributed by atoms with Crippen LogP contribution in [0.3, 0.4) is 0 Å². The van der Waals surface area contributed by atoms with Crippen molar-refractivity contribution in [3.63, 3.8) is 0 Å². The Labute approximate surface area is 162 Å². The van der Waals surface area contributed by atoms with E-state index in [-0.39, 0.29) is 5.92 Å². The maximum absolute atomic E-state index is 11.9. The standard InChI is InChI=1S/C22H21BrN2O/c1-15-6-3-4-9-20(15)22(18-7-5-8-19(23)14-18)21(25-26)13-17-10-11-24-16(2)12-17/h3-12,14,21-22H,13H2,1-2H3. The van der Waals surface area contributed by atoms with Crippen molar-refractivity contribution < 1.29 is 0 Å². The van der Waals surface area contributed by atoms with E-state index in [9.17, 15) is 4.91 Å². The molecule has 0 bridgehead atoms. The Hall–Kier alpha value is -2.33. The Morgan fingerprint density at radius 3 is 2.54 bits per heavy atom. The van der Waals surface area contributed by atoms with Crippen molar-refractivity contribution in [3.8, 4) is 0 Å². The van der Waals surface area contributed by atoms with E-state index < -0.39 is 6.04 Å². The molecule has 26 heavy (non-hydrogen) atoms. The zero-order valence-electron chi connectivity index (χ0n) is 14.9. The molecule has 3 nitrogen and oxygen atoms in total. The largest absolute Gasteiger partial charge is 0.262 e. The first kappa shape index (κ1) is 18.5. The summed E-state index contributed by atoms with van der Waals surface area (Å²) in [4.78, 5) is 16.1. The number of hydrogen-bond acceptors (Lipinski definition) is 3. The highest BCUT2D eigenvalue weighted by Gasteiger charge is 2.27. The summed E-state index contributed by atoms with van der Waals surface area (Å²) in [7, 11) is 0. The molecule has 0 fully saturated rings. The lowest BCUT2D eigenvalue weighted by Gasteiger charge is -2.25. The summed E-state index contributed by atoms with van der Waals surface area (Å²) in [5, 5.41) is 3.55. The summed E-state index contributed by atoms with van der Waals surface area (Å²) in [5.41, 5.74) is 5.42. The van der Waals surface area contributed by atoms with Gasteiger partial charge in [0.25, 0.3) is 0 Å². The first-order chi connectivity index (χ1) is 12.6. The van der Waals surface area contributed by atoms with Gasteiger partial charge in [0.05, 0.1) is 0 Å². The minimum Gasteiger partial charge on any atom is -0.262 e. The highest BCUT2D eigenvalue weighted by Crippen LogP contribution is 2.34. The molecule has 2 aromatic carbocycles. The van der Waals surface area contributed by atoms with Gasteiger partial charge in [-0.2, -0.15) is 4.91 Å². The molecular weight excluding hydrogens is 388 g/mol. The fourth-order valence-electron chi connectivity index (χ4n) is 3.43. The third kappa shape index (κ3) is 4.25. The molecule has 0 saturated carbocycles. The quantitative estimate of drug-likeness (QED) is 0.471. The Morgan fingerprint density at radius 2 is 1.85 bits per heavy atom. The van der Waals surface area contributed by atoms with E-state index >= 15 is 0 Å². The molecule has 0 saturated heterocycles. The topological polar surface area (TPSA) is 42.3 Å². The number of pyridine rings is 1. The van der Waals surface area contributed by atoms with Gasteiger partial charge in [-0.15, -0.1) is 0 Å². The van der Waals surface area contributed by atoms with Gasteiger partial charge in [0.2, 0.25) is 0 Å². The van der Waals surface area contributed by atoms with Gasteiger partial charge in [0.1, 0.15) is 6.04 Å². The molecule has 2 unspecified atom stereocenters. The van der Waals surface area contributed by atoms with Crippen LogP contribution in [0.2, 0.25) is 0 Å². The highest BCUT2D eigenvalue weighted by atomic mass is 79.9. The van der Waals surface area contributed by atoms with Crippen molar-refractivity contribution in [1.29, 1.82) is 0 Å². The monoisotopic (exact) mass is 408 g/mol.